The van der Waals surface area contributed by atoms with Crippen molar-refractivity contribution < 1.29 is 14.7 Å². The van der Waals surface area contributed by atoms with Gasteiger partial charge >= 0.3 is 5.97 Å². The molecule has 2 heterocycles. The van der Waals surface area contributed by atoms with Crippen LogP contribution in [0.3, 0.4) is 0 Å². The second-order valence-electron chi connectivity index (χ2n) is 4.11. The second-order valence-corrected chi connectivity index (χ2v) is 4.11. The van der Waals surface area contributed by atoms with Crippen molar-refractivity contribution in [2.45, 2.75) is 25.9 Å². The Labute approximate surface area is 104 Å². The van der Waals surface area contributed by atoms with Gasteiger partial charge in [-0.15, -0.1) is 0 Å². The van der Waals surface area contributed by atoms with E-state index in [-0.39, 0.29) is 12.3 Å². The number of aryl methyl sites for hydroxylation is 1. The van der Waals surface area contributed by atoms with Crippen LogP contribution in [0, 0.1) is 0 Å². The molecular weight excluding hydrogens is 236 g/mol. The lowest BCUT2D eigenvalue weighted by molar-refractivity contribution is -0.139. The highest BCUT2D eigenvalue weighted by Gasteiger charge is 2.33. The number of aromatic nitrogens is 2. The van der Waals surface area contributed by atoms with Gasteiger partial charge in [0.05, 0.1) is 6.42 Å². The Hall–Kier alpha value is -2.05. The average Bonchev–Trinajstić information content (AvgIpc) is 2.79. The first-order valence-electron chi connectivity index (χ1n) is 5.90. The fraction of sp³-hybridized carbons (Fsp3) is 0.545. The van der Waals surface area contributed by atoms with Crippen LogP contribution in [0.15, 0.2) is 12.4 Å². The molecule has 1 aliphatic heterocycles. The molecule has 7 nitrogen and oxygen atoms in total. The molecule has 1 amide bonds. The summed E-state index contributed by atoms with van der Waals surface area (Å²) >= 11 is 0. The molecule has 1 atom stereocenters. The number of hydrogen-bond acceptors (Lipinski definition) is 4. The lowest BCUT2D eigenvalue weighted by atomic mass is 10.1. The number of carboxylic acid groups (broad SMARTS) is 1. The summed E-state index contributed by atoms with van der Waals surface area (Å²) in [5.41, 5.74) is 0. The normalized spacial score (nSPS) is 19.7. The van der Waals surface area contributed by atoms with Crippen molar-refractivity contribution in [3.63, 3.8) is 0 Å². The minimum Gasteiger partial charge on any atom is -0.481 e. The molecule has 0 radical (unpaired) electrons. The number of piperazine rings is 1. The number of amides is 1. The van der Waals surface area contributed by atoms with Crippen LogP contribution in [-0.4, -0.2) is 45.7 Å². The van der Waals surface area contributed by atoms with E-state index in [1.54, 1.807) is 11.1 Å². The zero-order valence-corrected chi connectivity index (χ0v) is 10.2. The summed E-state index contributed by atoms with van der Waals surface area (Å²) in [7, 11) is 0. The van der Waals surface area contributed by atoms with E-state index in [2.05, 4.69) is 10.3 Å². The molecule has 18 heavy (non-hydrogen) atoms. The van der Waals surface area contributed by atoms with E-state index in [4.69, 9.17) is 5.11 Å². The topological polar surface area (TPSA) is 87.5 Å². The fourth-order valence-electron chi connectivity index (χ4n) is 2.13. The Bertz CT molecular complexity index is 457. The predicted molar refractivity (Wildman–Crippen MR) is 64.3 cm³/mol. The van der Waals surface area contributed by atoms with Crippen molar-refractivity contribution in [1.82, 2.24) is 14.9 Å². The van der Waals surface area contributed by atoms with Gasteiger partial charge in [-0.25, -0.2) is 4.98 Å². The van der Waals surface area contributed by atoms with Crippen molar-refractivity contribution in [1.29, 1.82) is 0 Å². The van der Waals surface area contributed by atoms with Gasteiger partial charge in [0.25, 0.3) is 0 Å². The van der Waals surface area contributed by atoms with Crippen molar-refractivity contribution in [3.8, 4) is 0 Å². The Balaban J connectivity index is 2.27. The van der Waals surface area contributed by atoms with Crippen molar-refractivity contribution >= 4 is 17.8 Å². The third-order valence-electron chi connectivity index (χ3n) is 2.99. The number of hydrogen-bond donors (Lipinski definition) is 2. The maximum atomic E-state index is 11.8. The molecule has 0 saturated carbocycles. The van der Waals surface area contributed by atoms with Crippen molar-refractivity contribution in [3.05, 3.63) is 12.4 Å². The van der Waals surface area contributed by atoms with Crippen LogP contribution < -0.4 is 10.2 Å². The van der Waals surface area contributed by atoms with Gasteiger partial charge in [0.1, 0.15) is 6.04 Å². The molecule has 1 aliphatic rings. The first-order chi connectivity index (χ1) is 8.63. The Morgan fingerprint density at radius 1 is 1.67 bits per heavy atom. The summed E-state index contributed by atoms with van der Waals surface area (Å²) in [6.07, 6.45) is 3.26. The Morgan fingerprint density at radius 3 is 3.11 bits per heavy atom. The van der Waals surface area contributed by atoms with Crippen LogP contribution in [0.4, 0.5) is 5.95 Å². The number of nitrogens with zero attached hydrogens (tertiary/aromatic N) is 3. The molecule has 1 aromatic heterocycles. The SMILES string of the molecule is CCn1ccnc1N1CCNC(=O)C1CC(=O)O. The first kappa shape index (κ1) is 12.4. The molecule has 98 valence electrons. The molecule has 1 unspecified atom stereocenters. The quantitative estimate of drug-likeness (QED) is 0.767. The molecular formula is C11H16N4O3. The molecule has 1 aromatic rings. The number of imidazole rings is 1. The van der Waals surface area contributed by atoms with Gasteiger partial charge in [-0.1, -0.05) is 0 Å². The molecule has 0 aromatic carbocycles. The van der Waals surface area contributed by atoms with Gasteiger partial charge in [-0.3, -0.25) is 9.59 Å². The lowest BCUT2D eigenvalue weighted by Gasteiger charge is -2.35. The van der Waals surface area contributed by atoms with Gasteiger partial charge in [0, 0.05) is 32.0 Å². The van der Waals surface area contributed by atoms with E-state index < -0.39 is 12.0 Å². The van der Waals surface area contributed by atoms with E-state index in [9.17, 15) is 9.59 Å². The number of carbonyl (C=O) groups excluding carboxylic acids is 1. The highest BCUT2D eigenvalue weighted by molar-refractivity contribution is 5.89. The van der Waals surface area contributed by atoms with Crippen LogP contribution in [0.1, 0.15) is 13.3 Å². The van der Waals surface area contributed by atoms with Crippen molar-refractivity contribution in [2.24, 2.45) is 0 Å². The van der Waals surface area contributed by atoms with Gasteiger partial charge in [0.2, 0.25) is 11.9 Å². The van der Waals surface area contributed by atoms with Crippen LogP contribution >= 0.6 is 0 Å². The van der Waals surface area contributed by atoms with Gasteiger partial charge in [-0.2, -0.15) is 0 Å². The summed E-state index contributed by atoms with van der Waals surface area (Å²) in [5.74, 6) is -0.593. The van der Waals surface area contributed by atoms with Gasteiger partial charge < -0.3 is 19.9 Å². The smallest absolute Gasteiger partial charge is 0.305 e. The maximum Gasteiger partial charge on any atom is 0.305 e. The summed E-state index contributed by atoms with van der Waals surface area (Å²) in [5, 5.41) is 11.6. The molecule has 7 heteroatoms. The number of carboxylic acids is 1. The maximum absolute atomic E-state index is 11.8. The van der Waals surface area contributed by atoms with Gasteiger partial charge in [-0.05, 0) is 6.92 Å². The monoisotopic (exact) mass is 252 g/mol. The van der Waals surface area contributed by atoms with E-state index in [0.29, 0.717) is 19.0 Å². The molecule has 0 aliphatic carbocycles. The lowest BCUT2D eigenvalue weighted by Crippen LogP contribution is -2.56. The predicted octanol–water partition coefficient (Wildman–Crippen LogP) is -0.317. The molecule has 1 saturated heterocycles. The average molecular weight is 252 g/mol. The summed E-state index contributed by atoms with van der Waals surface area (Å²) in [6.45, 7) is 3.78. The van der Waals surface area contributed by atoms with Crippen LogP contribution in [-0.2, 0) is 16.1 Å². The second kappa shape index (κ2) is 5.07. The molecule has 2 N–H and O–H groups in total. The molecule has 0 bridgehead atoms. The van der Waals surface area contributed by atoms with Gasteiger partial charge in [0.15, 0.2) is 0 Å². The molecule has 0 spiro atoms. The zero-order chi connectivity index (χ0) is 13.1. The minimum atomic E-state index is -0.989. The van der Waals surface area contributed by atoms with Crippen molar-refractivity contribution in [2.75, 3.05) is 18.0 Å². The fourth-order valence-corrected chi connectivity index (χ4v) is 2.13. The number of anilines is 1. The van der Waals surface area contributed by atoms with E-state index in [1.165, 1.54) is 0 Å². The number of nitrogens with one attached hydrogen (secondary N) is 1. The standard InChI is InChI=1S/C11H16N4O3/c1-2-14-5-3-13-11(14)15-6-4-12-10(18)8(15)7-9(16)17/h3,5,8H,2,4,6-7H2,1H3,(H,12,18)(H,16,17). The number of aliphatic carboxylic acids is 1. The third-order valence-corrected chi connectivity index (χ3v) is 2.99. The van der Waals surface area contributed by atoms with E-state index in [1.807, 2.05) is 17.7 Å². The van der Waals surface area contributed by atoms with E-state index in [0.717, 1.165) is 6.54 Å². The largest absolute Gasteiger partial charge is 0.481 e. The number of rotatable bonds is 4. The van der Waals surface area contributed by atoms with E-state index >= 15 is 0 Å². The minimum absolute atomic E-state index is 0.220. The summed E-state index contributed by atoms with van der Waals surface area (Å²) < 4.78 is 1.90. The summed E-state index contributed by atoms with van der Waals surface area (Å²) in [6, 6.07) is -0.691. The van der Waals surface area contributed by atoms with Crippen LogP contribution in [0.25, 0.3) is 0 Å². The van der Waals surface area contributed by atoms with Crippen LogP contribution in [0.2, 0.25) is 0 Å². The highest BCUT2D eigenvalue weighted by atomic mass is 16.4. The molecule has 2 rings (SSSR count). The van der Waals surface area contributed by atoms with Crippen LogP contribution in [0.5, 0.6) is 0 Å². The first-order valence-corrected chi connectivity index (χ1v) is 5.90. The third kappa shape index (κ3) is 2.29. The molecule has 1 fully saturated rings. The summed E-state index contributed by atoms with van der Waals surface area (Å²) in [4.78, 5) is 28.6. The number of carbonyl (C=O) groups is 2. The highest BCUT2D eigenvalue weighted by Crippen LogP contribution is 2.18. The Morgan fingerprint density at radius 2 is 2.44 bits per heavy atom. The zero-order valence-electron chi connectivity index (χ0n) is 10.2. The Kier molecular flexibility index (Phi) is 3.50.